The molecule has 0 saturated carbocycles. The van der Waals surface area contributed by atoms with E-state index in [4.69, 9.17) is 14.2 Å². The smallest absolute Gasteiger partial charge is 0.338 e. The summed E-state index contributed by atoms with van der Waals surface area (Å²) >= 11 is 3.40. The number of ether oxygens (including phenoxy) is 3. The Kier molecular flexibility index (Phi) is 15.3. The number of aldehydes is 1. The van der Waals surface area contributed by atoms with Crippen LogP contribution in [0.5, 0.6) is 0 Å². The molecule has 0 fully saturated rings. The molecule has 4 aromatic carbocycles. The summed E-state index contributed by atoms with van der Waals surface area (Å²) in [4.78, 5) is 50.7. The predicted molar refractivity (Wildman–Crippen MR) is 208 cm³/mol. The van der Waals surface area contributed by atoms with Crippen LogP contribution in [0, 0.1) is 0 Å². The fourth-order valence-corrected chi connectivity index (χ4v) is 5.37. The molecule has 0 amide bonds. The van der Waals surface area contributed by atoms with Crippen molar-refractivity contribution < 1.29 is 33.4 Å². The number of esters is 3. The minimum Gasteiger partial charge on any atom is -0.461 e. The number of halogens is 1. The first-order valence-corrected chi connectivity index (χ1v) is 17.2. The maximum absolute atomic E-state index is 13.4. The molecule has 0 aliphatic heterocycles. The molecule has 4 rings (SSSR count). The van der Waals surface area contributed by atoms with Gasteiger partial charge in [0.2, 0.25) is 0 Å². The van der Waals surface area contributed by atoms with Crippen molar-refractivity contribution in [2.24, 2.45) is 0 Å². The molecule has 3 atom stereocenters. The molecule has 7 nitrogen and oxygen atoms in total. The molecule has 0 aliphatic carbocycles. The highest BCUT2D eigenvalue weighted by Gasteiger charge is 2.36. The molecular formula is C44H37BrO7. The zero-order valence-corrected chi connectivity index (χ0v) is 29.8. The van der Waals surface area contributed by atoms with Gasteiger partial charge in [-0.1, -0.05) is 169 Å². The fraction of sp³-hybridized carbons (Fsp3) is 0.0909. The summed E-state index contributed by atoms with van der Waals surface area (Å²) in [5, 5.41) is 0. The van der Waals surface area contributed by atoms with Gasteiger partial charge in [0.25, 0.3) is 0 Å². The van der Waals surface area contributed by atoms with Crippen molar-refractivity contribution in [2.45, 2.75) is 17.0 Å². The number of hydrogen-bond acceptors (Lipinski definition) is 7. The van der Waals surface area contributed by atoms with Gasteiger partial charge in [0.05, 0.1) is 16.0 Å². The third-order valence-corrected chi connectivity index (χ3v) is 8.35. The minimum absolute atomic E-state index is 0.0609. The van der Waals surface area contributed by atoms with Gasteiger partial charge in [-0.05, 0) is 46.0 Å². The molecule has 4 aromatic rings. The second kappa shape index (κ2) is 20.5. The van der Waals surface area contributed by atoms with Crippen molar-refractivity contribution in [3.05, 3.63) is 193 Å². The number of carbonyl (C=O) groups excluding carboxylic acids is 4. The number of hydrogen-bond donors (Lipinski definition) is 0. The number of alkyl halides is 1. The summed E-state index contributed by atoms with van der Waals surface area (Å²) in [6, 6.07) is 35.3. The third-order valence-electron chi connectivity index (χ3n) is 7.57. The average molecular weight is 758 g/mol. The highest BCUT2D eigenvalue weighted by Crippen LogP contribution is 2.23. The Hall–Kier alpha value is -6.12. The van der Waals surface area contributed by atoms with E-state index in [-0.39, 0.29) is 17.7 Å². The first-order valence-electron chi connectivity index (χ1n) is 16.3. The Labute approximate surface area is 312 Å². The van der Waals surface area contributed by atoms with Crippen LogP contribution < -0.4 is 0 Å². The van der Waals surface area contributed by atoms with Crippen molar-refractivity contribution in [3.63, 3.8) is 0 Å². The van der Waals surface area contributed by atoms with Crippen LogP contribution in [0.3, 0.4) is 0 Å². The molecule has 8 heteroatoms. The van der Waals surface area contributed by atoms with E-state index in [1.807, 2.05) is 91.0 Å². The predicted octanol–water partition coefficient (Wildman–Crippen LogP) is 8.95. The molecule has 0 unspecified atom stereocenters. The Bertz CT molecular complexity index is 1940. The topological polar surface area (TPSA) is 96.0 Å². The van der Waals surface area contributed by atoms with E-state index in [2.05, 4.69) is 29.1 Å². The molecule has 262 valence electrons. The van der Waals surface area contributed by atoms with Gasteiger partial charge in [-0.25, -0.2) is 14.4 Å². The molecule has 0 N–H and O–H groups in total. The SMILES string of the molecule is C=C/C(=C\C=C\c1ccccc1)C(=O)O[C@@H](C=O)[C@@H](OC(=O)c1ccc(-c2ccccc2)cc1)[C@H](Br)COC(=O)/C=C/C=C(\C=C)c1ccccc1. The quantitative estimate of drug-likeness (QED) is 0.0265. The second-order valence-electron chi connectivity index (χ2n) is 11.1. The van der Waals surface area contributed by atoms with E-state index >= 15 is 0 Å². The Morgan fingerprint density at radius 3 is 1.92 bits per heavy atom. The van der Waals surface area contributed by atoms with E-state index < -0.39 is 34.9 Å². The fourth-order valence-electron chi connectivity index (χ4n) is 4.83. The largest absolute Gasteiger partial charge is 0.461 e. The maximum atomic E-state index is 13.4. The molecule has 0 heterocycles. The van der Waals surface area contributed by atoms with E-state index in [0.29, 0.717) is 6.29 Å². The summed E-state index contributed by atoms with van der Waals surface area (Å²) in [5.41, 5.74) is 4.73. The van der Waals surface area contributed by atoms with Crippen molar-refractivity contribution in [1.29, 1.82) is 0 Å². The van der Waals surface area contributed by atoms with E-state index in [1.54, 1.807) is 48.6 Å². The lowest BCUT2D eigenvalue weighted by molar-refractivity contribution is -0.154. The van der Waals surface area contributed by atoms with Gasteiger partial charge in [0.1, 0.15) is 6.61 Å². The van der Waals surface area contributed by atoms with Crippen molar-refractivity contribution in [3.8, 4) is 11.1 Å². The first-order chi connectivity index (χ1) is 25.3. The minimum atomic E-state index is -1.58. The summed E-state index contributed by atoms with van der Waals surface area (Å²) in [6.45, 7) is 7.17. The van der Waals surface area contributed by atoms with Crippen molar-refractivity contribution >= 4 is 51.8 Å². The van der Waals surface area contributed by atoms with E-state index in [1.165, 1.54) is 24.3 Å². The van der Waals surface area contributed by atoms with E-state index in [9.17, 15) is 19.2 Å². The Morgan fingerprint density at radius 2 is 1.31 bits per heavy atom. The number of allylic oxidation sites excluding steroid dienone is 6. The zero-order chi connectivity index (χ0) is 37.1. The van der Waals surface area contributed by atoms with Crippen molar-refractivity contribution in [1.82, 2.24) is 0 Å². The molecule has 0 saturated heterocycles. The van der Waals surface area contributed by atoms with Crippen LogP contribution in [0.2, 0.25) is 0 Å². The summed E-state index contributed by atoms with van der Waals surface area (Å²) in [6.07, 6.45) is 9.73. The molecule has 0 aromatic heterocycles. The van der Waals surface area contributed by atoms with Gasteiger partial charge in [-0.3, -0.25) is 4.79 Å². The lowest BCUT2D eigenvalue weighted by Crippen LogP contribution is -2.44. The number of carbonyl (C=O) groups is 4. The van der Waals surface area contributed by atoms with Gasteiger partial charge in [-0.15, -0.1) is 0 Å². The molecule has 0 aliphatic rings. The lowest BCUT2D eigenvalue weighted by Gasteiger charge is -2.27. The van der Waals surface area contributed by atoms with Crippen LogP contribution in [-0.2, 0) is 28.6 Å². The van der Waals surface area contributed by atoms with Gasteiger partial charge in [0, 0.05) is 6.08 Å². The molecule has 52 heavy (non-hydrogen) atoms. The standard InChI is InChI=1S/C44H37BrO7/c1-3-33(35-19-10-6-11-20-35)23-15-25-41(47)50-31-39(45)42(52-44(49)38-28-26-37(27-29-38)36-21-12-7-13-22-36)40(30-46)51-43(48)34(4-2)24-14-18-32-16-8-5-9-17-32/h3-30,39-40,42H,1-2,31H2/b18-14+,25-15+,33-23+,34-24+/t39-,40+,42+/m1/s1. The average Bonchev–Trinajstić information content (AvgIpc) is 3.19. The summed E-state index contributed by atoms with van der Waals surface area (Å²) < 4.78 is 16.7. The second-order valence-corrected chi connectivity index (χ2v) is 12.3. The highest BCUT2D eigenvalue weighted by atomic mass is 79.9. The Balaban J connectivity index is 1.50. The van der Waals surface area contributed by atoms with Crippen LogP contribution >= 0.6 is 15.9 Å². The molecule has 0 bridgehead atoms. The van der Waals surface area contributed by atoms with E-state index in [0.717, 1.165) is 27.8 Å². The van der Waals surface area contributed by atoms with Gasteiger partial charge in [0.15, 0.2) is 18.5 Å². The first kappa shape index (κ1) is 38.7. The highest BCUT2D eigenvalue weighted by molar-refractivity contribution is 9.09. The van der Waals surface area contributed by atoms with Crippen LogP contribution in [0.1, 0.15) is 21.5 Å². The summed E-state index contributed by atoms with van der Waals surface area (Å²) in [7, 11) is 0. The Morgan fingerprint density at radius 1 is 0.692 bits per heavy atom. The van der Waals surface area contributed by atoms with Gasteiger partial charge >= 0.3 is 17.9 Å². The number of benzene rings is 4. The monoisotopic (exact) mass is 756 g/mol. The molecule has 0 spiro atoms. The molecule has 0 radical (unpaired) electrons. The summed E-state index contributed by atoms with van der Waals surface area (Å²) in [5.74, 6) is -2.35. The van der Waals surface area contributed by atoms with Crippen LogP contribution in [0.15, 0.2) is 177 Å². The van der Waals surface area contributed by atoms with Crippen LogP contribution in [-0.4, -0.2) is 47.8 Å². The maximum Gasteiger partial charge on any atom is 0.338 e. The lowest BCUT2D eigenvalue weighted by atomic mass is 10.0. The third kappa shape index (κ3) is 11.7. The van der Waals surface area contributed by atoms with Gasteiger partial charge in [-0.2, -0.15) is 0 Å². The molecular weight excluding hydrogens is 720 g/mol. The number of rotatable bonds is 17. The normalized spacial score (nSPS) is 13.5. The van der Waals surface area contributed by atoms with Crippen LogP contribution in [0.4, 0.5) is 0 Å². The van der Waals surface area contributed by atoms with Crippen molar-refractivity contribution in [2.75, 3.05) is 6.61 Å². The van der Waals surface area contributed by atoms with Gasteiger partial charge < -0.3 is 14.2 Å². The van der Waals surface area contributed by atoms with Crippen LogP contribution in [0.25, 0.3) is 22.8 Å². The zero-order valence-electron chi connectivity index (χ0n) is 28.3.